The van der Waals surface area contributed by atoms with Crippen molar-refractivity contribution >= 4 is 5.65 Å². The highest BCUT2D eigenvalue weighted by Gasteiger charge is 2.07. The molecule has 0 unspecified atom stereocenters. The van der Waals surface area contributed by atoms with E-state index in [1.807, 2.05) is 18.2 Å². The largest absolute Gasteiger partial charge is 0.311 e. The van der Waals surface area contributed by atoms with Gasteiger partial charge in [-0.2, -0.15) is 5.10 Å². The fraction of sp³-hybridized carbons (Fsp3) is 0.357. The Kier molecular flexibility index (Phi) is 3.73. The maximum absolute atomic E-state index is 4.55. The van der Waals surface area contributed by atoms with Gasteiger partial charge in [-0.25, -0.2) is 9.97 Å². The molecule has 0 radical (unpaired) electrons. The van der Waals surface area contributed by atoms with Crippen molar-refractivity contribution in [2.75, 3.05) is 6.54 Å². The molecular formula is C14H18N6. The van der Waals surface area contributed by atoms with Crippen LogP contribution in [0.5, 0.6) is 0 Å². The lowest BCUT2D eigenvalue weighted by atomic mass is 10.3. The van der Waals surface area contributed by atoms with E-state index in [0.717, 1.165) is 43.1 Å². The van der Waals surface area contributed by atoms with Crippen molar-refractivity contribution in [3.63, 3.8) is 0 Å². The summed E-state index contributed by atoms with van der Waals surface area (Å²) in [5.41, 5.74) is 3.31. The topological polar surface area (TPSA) is 70.9 Å². The summed E-state index contributed by atoms with van der Waals surface area (Å²) in [6.45, 7) is 3.83. The molecule has 0 fully saturated rings. The van der Waals surface area contributed by atoms with E-state index in [1.165, 1.54) is 5.69 Å². The Labute approximate surface area is 117 Å². The van der Waals surface area contributed by atoms with Gasteiger partial charge in [0.25, 0.3) is 0 Å². The molecule has 3 aromatic rings. The lowest BCUT2D eigenvalue weighted by Crippen LogP contribution is -2.17. The van der Waals surface area contributed by atoms with Gasteiger partial charge in [0.05, 0.1) is 11.4 Å². The number of nitrogens with zero attached hydrogens (tertiary/aromatic N) is 4. The number of imidazole rings is 1. The third kappa shape index (κ3) is 2.70. The summed E-state index contributed by atoms with van der Waals surface area (Å²) in [5.74, 6) is 0.942. The Hall–Kier alpha value is -2.21. The molecular weight excluding hydrogens is 252 g/mol. The van der Waals surface area contributed by atoms with Crippen LogP contribution in [0.1, 0.15) is 23.6 Å². The number of nitrogens with one attached hydrogen (secondary N) is 2. The Morgan fingerprint density at radius 3 is 3.15 bits per heavy atom. The van der Waals surface area contributed by atoms with Crippen molar-refractivity contribution in [3.05, 3.63) is 47.9 Å². The minimum atomic E-state index is 0.827. The number of H-pyrrole nitrogens is 1. The highest BCUT2D eigenvalue weighted by Crippen LogP contribution is 2.11. The normalized spacial score (nSPS) is 11.2. The first-order chi connectivity index (χ1) is 9.84. The first-order valence-corrected chi connectivity index (χ1v) is 6.82. The first kappa shape index (κ1) is 12.8. The van der Waals surface area contributed by atoms with Crippen LogP contribution in [0, 0.1) is 6.92 Å². The zero-order valence-electron chi connectivity index (χ0n) is 11.5. The van der Waals surface area contributed by atoms with E-state index >= 15 is 0 Å². The van der Waals surface area contributed by atoms with Gasteiger partial charge in [0.15, 0.2) is 0 Å². The molecule has 20 heavy (non-hydrogen) atoms. The first-order valence-electron chi connectivity index (χ1n) is 6.82. The highest BCUT2D eigenvalue weighted by atomic mass is 15.2. The van der Waals surface area contributed by atoms with Crippen molar-refractivity contribution in [1.82, 2.24) is 29.9 Å². The summed E-state index contributed by atoms with van der Waals surface area (Å²) in [5, 5.41) is 10.2. The molecule has 0 amide bonds. The Balaban J connectivity index is 1.53. The van der Waals surface area contributed by atoms with Crippen LogP contribution in [0.25, 0.3) is 5.65 Å². The number of pyridine rings is 1. The molecule has 3 rings (SSSR count). The number of hydrogen-bond donors (Lipinski definition) is 2. The molecule has 3 heterocycles. The highest BCUT2D eigenvalue weighted by molar-refractivity contribution is 5.42. The minimum Gasteiger partial charge on any atom is -0.311 e. The van der Waals surface area contributed by atoms with E-state index in [9.17, 15) is 0 Å². The molecule has 104 valence electrons. The Morgan fingerprint density at radius 1 is 1.35 bits per heavy atom. The number of fused-ring (bicyclic) bond motifs is 1. The van der Waals surface area contributed by atoms with Crippen LogP contribution in [0.4, 0.5) is 0 Å². The molecule has 0 saturated carbocycles. The number of aryl methyl sites for hydroxylation is 2. The molecule has 2 N–H and O–H groups in total. The van der Waals surface area contributed by atoms with Gasteiger partial charge in [-0.05, 0) is 32.0 Å². The van der Waals surface area contributed by atoms with Crippen LogP contribution in [0.15, 0.2) is 30.7 Å². The van der Waals surface area contributed by atoms with Gasteiger partial charge >= 0.3 is 0 Å². The third-order valence-corrected chi connectivity index (χ3v) is 3.35. The second-order valence-electron chi connectivity index (χ2n) is 4.79. The summed E-state index contributed by atoms with van der Waals surface area (Å²) in [6, 6.07) is 6.07. The molecule has 0 aliphatic carbocycles. The van der Waals surface area contributed by atoms with Crippen molar-refractivity contribution in [2.24, 2.45) is 0 Å². The van der Waals surface area contributed by atoms with Crippen molar-refractivity contribution in [3.8, 4) is 0 Å². The summed E-state index contributed by atoms with van der Waals surface area (Å²) < 4.78 is 2.14. The summed E-state index contributed by atoms with van der Waals surface area (Å²) in [6.07, 6.45) is 5.55. The third-order valence-electron chi connectivity index (χ3n) is 3.35. The predicted octanol–water partition coefficient (Wildman–Crippen LogP) is 1.48. The standard InChI is InChI=1S/C14H18N6/c1-11-12(20-8-3-2-6-14(20)18-11)9-15-7-4-5-13-16-10-17-19-13/h2-3,6,8,10,15H,4-5,7,9H2,1H3,(H,16,17,19). The number of hydrogen-bond acceptors (Lipinski definition) is 4. The van der Waals surface area contributed by atoms with E-state index < -0.39 is 0 Å². The van der Waals surface area contributed by atoms with E-state index in [1.54, 1.807) is 6.33 Å². The zero-order valence-corrected chi connectivity index (χ0v) is 11.5. The average molecular weight is 270 g/mol. The predicted molar refractivity (Wildman–Crippen MR) is 76.3 cm³/mol. The fourth-order valence-electron chi connectivity index (χ4n) is 2.32. The SMILES string of the molecule is Cc1nc2ccccn2c1CNCCCc1ncn[nH]1. The van der Waals surface area contributed by atoms with Crippen LogP contribution in [-0.4, -0.2) is 31.1 Å². The van der Waals surface area contributed by atoms with Gasteiger partial charge in [-0.3, -0.25) is 5.10 Å². The van der Waals surface area contributed by atoms with E-state index in [4.69, 9.17) is 0 Å². The average Bonchev–Trinajstić information content (AvgIpc) is 3.06. The molecule has 0 bridgehead atoms. The molecule has 3 aromatic heterocycles. The van der Waals surface area contributed by atoms with Gasteiger partial charge in [0.1, 0.15) is 17.8 Å². The summed E-state index contributed by atoms with van der Waals surface area (Å²) >= 11 is 0. The monoisotopic (exact) mass is 270 g/mol. The van der Waals surface area contributed by atoms with Gasteiger partial charge in [-0.15, -0.1) is 0 Å². The quantitative estimate of drug-likeness (QED) is 0.666. The van der Waals surface area contributed by atoms with Crippen molar-refractivity contribution in [2.45, 2.75) is 26.3 Å². The Bertz CT molecular complexity index is 670. The smallest absolute Gasteiger partial charge is 0.137 e. The van der Waals surface area contributed by atoms with Crippen molar-refractivity contribution < 1.29 is 0 Å². The molecule has 0 aliphatic heterocycles. The lowest BCUT2D eigenvalue weighted by molar-refractivity contribution is 0.627. The van der Waals surface area contributed by atoms with Gasteiger partial charge < -0.3 is 9.72 Å². The molecule has 6 nitrogen and oxygen atoms in total. The number of aromatic nitrogens is 5. The summed E-state index contributed by atoms with van der Waals surface area (Å²) in [4.78, 5) is 8.66. The second-order valence-corrected chi connectivity index (χ2v) is 4.79. The van der Waals surface area contributed by atoms with Crippen LogP contribution in [0.2, 0.25) is 0 Å². The van der Waals surface area contributed by atoms with Crippen molar-refractivity contribution in [1.29, 1.82) is 0 Å². The van der Waals surface area contributed by atoms with Crippen LogP contribution < -0.4 is 5.32 Å². The fourth-order valence-corrected chi connectivity index (χ4v) is 2.32. The molecule has 6 heteroatoms. The molecule has 0 spiro atoms. The van der Waals surface area contributed by atoms with Crippen LogP contribution in [0.3, 0.4) is 0 Å². The van der Waals surface area contributed by atoms with E-state index in [-0.39, 0.29) is 0 Å². The number of aromatic amines is 1. The van der Waals surface area contributed by atoms with Gasteiger partial charge in [0, 0.05) is 19.2 Å². The lowest BCUT2D eigenvalue weighted by Gasteiger charge is -2.05. The molecule has 0 aromatic carbocycles. The van der Waals surface area contributed by atoms with E-state index in [0.29, 0.717) is 0 Å². The molecule has 0 aliphatic rings. The molecule has 0 saturated heterocycles. The van der Waals surface area contributed by atoms with Gasteiger partial charge in [-0.1, -0.05) is 6.07 Å². The number of rotatable bonds is 6. The van der Waals surface area contributed by atoms with Crippen LogP contribution in [-0.2, 0) is 13.0 Å². The van der Waals surface area contributed by atoms with Gasteiger partial charge in [0.2, 0.25) is 0 Å². The maximum Gasteiger partial charge on any atom is 0.137 e. The van der Waals surface area contributed by atoms with E-state index in [2.05, 4.69) is 43.0 Å². The Morgan fingerprint density at radius 2 is 2.30 bits per heavy atom. The van der Waals surface area contributed by atoms with Crippen LogP contribution >= 0.6 is 0 Å². The maximum atomic E-state index is 4.55. The molecule has 0 atom stereocenters. The summed E-state index contributed by atoms with van der Waals surface area (Å²) in [7, 11) is 0. The second kappa shape index (κ2) is 5.83. The minimum absolute atomic E-state index is 0.827. The zero-order chi connectivity index (χ0) is 13.8.